The molecule has 0 radical (unpaired) electrons. The number of nitrogens with zero attached hydrogens (tertiary/aromatic N) is 2. The second-order valence-corrected chi connectivity index (χ2v) is 8.89. The molecule has 0 bridgehead atoms. The minimum Gasteiger partial charge on any atom is -0.497 e. The zero-order valence-electron chi connectivity index (χ0n) is 17.5. The van der Waals surface area contributed by atoms with Gasteiger partial charge in [0.1, 0.15) is 11.8 Å². The molecule has 8 nitrogen and oxygen atoms in total. The van der Waals surface area contributed by atoms with E-state index < -0.39 is 16.1 Å². The summed E-state index contributed by atoms with van der Waals surface area (Å²) in [7, 11) is -2.16. The molecule has 2 rings (SSSR count). The minimum atomic E-state index is -3.69. The van der Waals surface area contributed by atoms with E-state index in [1.807, 2.05) is 0 Å². The van der Waals surface area contributed by atoms with Gasteiger partial charge in [0.05, 0.1) is 31.6 Å². The fraction of sp³-hybridized carbons (Fsp3) is 0.600. The molecule has 9 heteroatoms. The number of likely N-dealkylation sites (tertiary alicyclic amines) is 1. The van der Waals surface area contributed by atoms with Crippen LogP contribution in [0.3, 0.4) is 0 Å². The predicted octanol–water partition coefficient (Wildman–Crippen LogP) is 2.04. The van der Waals surface area contributed by atoms with E-state index in [2.05, 4.69) is 0 Å². The van der Waals surface area contributed by atoms with Crippen LogP contribution in [0.2, 0.25) is 0 Å². The fourth-order valence-corrected chi connectivity index (χ4v) is 4.79. The molecule has 29 heavy (non-hydrogen) atoms. The lowest BCUT2D eigenvalue weighted by Gasteiger charge is -2.37. The maximum atomic E-state index is 13.2. The highest BCUT2D eigenvalue weighted by Gasteiger charge is 2.36. The van der Waals surface area contributed by atoms with E-state index in [1.54, 1.807) is 43.0 Å². The van der Waals surface area contributed by atoms with Gasteiger partial charge in [0.2, 0.25) is 15.9 Å². The van der Waals surface area contributed by atoms with Crippen LogP contribution in [0.4, 0.5) is 5.69 Å². The number of hydrogen-bond acceptors (Lipinski definition) is 6. The fourth-order valence-electron chi connectivity index (χ4n) is 3.58. The van der Waals surface area contributed by atoms with Crippen LogP contribution in [0.5, 0.6) is 5.75 Å². The molecular weight excluding hydrogens is 396 g/mol. The second-order valence-electron chi connectivity index (χ2n) is 7.03. The van der Waals surface area contributed by atoms with Crippen LogP contribution >= 0.6 is 0 Å². The summed E-state index contributed by atoms with van der Waals surface area (Å²) in [5.41, 5.74) is 0.412. The Morgan fingerprint density at radius 1 is 1.17 bits per heavy atom. The third-order valence-electron chi connectivity index (χ3n) is 5.07. The van der Waals surface area contributed by atoms with E-state index >= 15 is 0 Å². The zero-order valence-corrected chi connectivity index (χ0v) is 18.3. The normalized spacial score (nSPS) is 16.2. The number of benzene rings is 1. The Morgan fingerprint density at radius 2 is 1.76 bits per heavy atom. The molecule has 1 saturated heterocycles. The first kappa shape index (κ1) is 23.0. The average Bonchev–Trinajstić information content (AvgIpc) is 2.71. The van der Waals surface area contributed by atoms with E-state index in [1.165, 1.54) is 11.4 Å². The maximum absolute atomic E-state index is 13.2. The molecule has 1 aromatic rings. The molecule has 1 fully saturated rings. The molecule has 1 atom stereocenters. The van der Waals surface area contributed by atoms with Gasteiger partial charge in [-0.3, -0.25) is 13.9 Å². The molecule has 0 aliphatic carbocycles. The highest BCUT2D eigenvalue weighted by Crippen LogP contribution is 2.27. The van der Waals surface area contributed by atoms with E-state index in [-0.39, 0.29) is 17.8 Å². The summed E-state index contributed by atoms with van der Waals surface area (Å²) in [6.45, 7) is 4.69. The Balaban J connectivity index is 2.20. The summed E-state index contributed by atoms with van der Waals surface area (Å²) >= 11 is 0. The molecule has 1 aromatic carbocycles. The van der Waals surface area contributed by atoms with Gasteiger partial charge >= 0.3 is 5.97 Å². The molecule has 1 heterocycles. The van der Waals surface area contributed by atoms with Crippen LogP contribution in [0.15, 0.2) is 24.3 Å². The van der Waals surface area contributed by atoms with Gasteiger partial charge in [0, 0.05) is 13.1 Å². The second kappa shape index (κ2) is 9.96. The van der Waals surface area contributed by atoms with E-state index in [4.69, 9.17) is 9.47 Å². The van der Waals surface area contributed by atoms with E-state index in [0.29, 0.717) is 50.4 Å². The van der Waals surface area contributed by atoms with Crippen molar-refractivity contribution >= 4 is 27.6 Å². The molecular formula is C20H30N2O6S. The van der Waals surface area contributed by atoms with Crippen molar-refractivity contribution in [2.75, 3.05) is 37.4 Å². The number of hydrogen-bond donors (Lipinski definition) is 0. The highest BCUT2D eigenvalue weighted by atomic mass is 32.2. The summed E-state index contributed by atoms with van der Waals surface area (Å²) in [6.07, 6.45) is 2.46. The van der Waals surface area contributed by atoms with Crippen LogP contribution in [0, 0.1) is 5.92 Å². The van der Waals surface area contributed by atoms with Crippen molar-refractivity contribution in [1.82, 2.24) is 4.90 Å². The van der Waals surface area contributed by atoms with Crippen molar-refractivity contribution in [2.45, 2.75) is 39.2 Å². The van der Waals surface area contributed by atoms with E-state index in [0.717, 1.165) is 6.26 Å². The number of sulfonamides is 1. The van der Waals surface area contributed by atoms with Crippen molar-refractivity contribution in [3.05, 3.63) is 24.3 Å². The Bertz CT molecular complexity index is 801. The number of amides is 1. The Labute approximate surface area is 172 Å². The molecule has 1 aliphatic heterocycles. The summed E-state index contributed by atoms with van der Waals surface area (Å²) in [5, 5.41) is 0. The van der Waals surface area contributed by atoms with Gasteiger partial charge in [-0.05, 0) is 50.5 Å². The van der Waals surface area contributed by atoms with Gasteiger partial charge in [0.15, 0.2) is 0 Å². The van der Waals surface area contributed by atoms with Crippen LogP contribution in [-0.2, 0) is 24.3 Å². The number of anilines is 1. The standard InChI is InChI=1S/C20H30N2O6S/c1-5-18(19(23)21-13-11-15(12-14-21)20(24)28-6-2)22(29(4,25)26)16-7-9-17(27-3)10-8-16/h7-10,15,18H,5-6,11-14H2,1-4H3/t18-/m0/s1. The maximum Gasteiger partial charge on any atom is 0.309 e. The van der Waals surface area contributed by atoms with Crippen LogP contribution in [0.25, 0.3) is 0 Å². The molecule has 0 unspecified atom stereocenters. The first-order valence-electron chi connectivity index (χ1n) is 9.81. The zero-order chi connectivity index (χ0) is 21.6. The van der Waals surface area contributed by atoms with Crippen molar-refractivity contribution in [3.63, 3.8) is 0 Å². The number of ether oxygens (including phenoxy) is 2. The van der Waals surface area contributed by atoms with Gasteiger partial charge in [-0.15, -0.1) is 0 Å². The first-order valence-corrected chi connectivity index (χ1v) is 11.7. The highest BCUT2D eigenvalue weighted by molar-refractivity contribution is 7.92. The summed E-state index contributed by atoms with van der Waals surface area (Å²) in [6, 6.07) is 5.73. The van der Waals surface area contributed by atoms with Crippen molar-refractivity contribution in [1.29, 1.82) is 0 Å². The van der Waals surface area contributed by atoms with E-state index in [9.17, 15) is 18.0 Å². The van der Waals surface area contributed by atoms with Crippen molar-refractivity contribution in [3.8, 4) is 5.75 Å². The molecule has 0 N–H and O–H groups in total. The molecule has 162 valence electrons. The molecule has 0 spiro atoms. The van der Waals surface area contributed by atoms with Crippen LogP contribution < -0.4 is 9.04 Å². The quantitative estimate of drug-likeness (QED) is 0.591. The molecule has 1 aliphatic rings. The number of rotatable bonds is 8. The van der Waals surface area contributed by atoms with Gasteiger partial charge in [-0.2, -0.15) is 0 Å². The molecule has 1 amide bonds. The largest absolute Gasteiger partial charge is 0.497 e. The van der Waals surface area contributed by atoms with Crippen LogP contribution in [-0.4, -0.2) is 64.3 Å². The van der Waals surface area contributed by atoms with Gasteiger partial charge in [0.25, 0.3) is 0 Å². The molecule has 0 aromatic heterocycles. The van der Waals surface area contributed by atoms with Gasteiger partial charge < -0.3 is 14.4 Å². The Kier molecular flexibility index (Phi) is 7.89. The number of piperidine rings is 1. The van der Waals surface area contributed by atoms with Crippen molar-refractivity contribution < 1.29 is 27.5 Å². The third-order valence-corrected chi connectivity index (χ3v) is 6.25. The number of methoxy groups -OCH3 is 1. The minimum absolute atomic E-state index is 0.216. The lowest BCUT2D eigenvalue weighted by Crippen LogP contribution is -2.52. The predicted molar refractivity (Wildman–Crippen MR) is 110 cm³/mol. The summed E-state index contributed by atoms with van der Waals surface area (Å²) in [4.78, 5) is 26.8. The average molecular weight is 427 g/mol. The first-order chi connectivity index (χ1) is 13.7. The topological polar surface area (TPSA) is 93.2 Å². The van der Waals surface area contributed by atoms with Crippen LogP contribution in [0.1, 0.15) is 33.1 Å². The lowest BCUT2D eigenvalue weighted by molar-refractivity contribution is -0.151. The Hall–Kier alpha value is -2.29. The SMILES string of the molecule is CCOC(=O)C1CCN(C(=O)[C@H](CC)N(c2ccc(OC)cc2)S(C)(=O)=O)CC1. The third kappa shape index (κ3) is 5.62. The Morgan fingerprint density at radius 3 is 2.21 bits per heavy atom. The summed E-state index contributed by atoms with van der Waals surface area (Å²) < 4.78 is 36.5. The molecule has 0 saturated carbocycles. The van der Waals surface area contributed by atoms with Gasteiger partial charge in [-0.1, -0.05) is 6.92 Å². The van der Waals surface area contributed by atoms with Crippen molar-refractivity contribution in [2.24, 2.45) is 5.92 Å². The van der Waals surface area contributed by atoms with Gasteiger partial charge in [-0.25, -0.2) is 8.42 Å². The number of esters is 1. The number of carbonyl (C=O) groups excluding carboxylic acids is 2. The number of carbonyl (C=O) groups is 2. The lowest BCUT2D eigenvalue weighted by atomic mass is 9.96. The monoisotopic (exact) mass is 426 g/mol. The summed E-state index contributed by atoms with van der Waals surface area (Å²) in [5.74, 6) is -0.104. The smallest absolute Gasteiger partial charge is 0.309 e.